The van der Waals surface area contributed by atoms with Crippen molar-refractivity contribution in [3.05, 3.63) is 23.8 Å². The van der Waals surface area contributed by atoms with Gasteiger partial charge in [-0.3, -0.25) is 4.79 Å². The standard InChI is InChI=1S/C14H20N2O3/c1-9(16-13(17)7-14(2,3)15)10-4-5-11-12(6-10)19-8-18-11/h4-6,9H,7-8,15H2,1-3H3,(H,16,17). The van der Waals surface area contributed by atoms with Crippen LogP contribution in [0.15, 0.2) is 18.2 Å². The van der Waals surface area contributed by atoms with Crippen LogP contribution in [-0.2, 0) is 4.79 Å². The number of ether oxygens (including phenoxy) is 2. The van der Waals surface area contributed by atoms with E-state index in [4.69, 9.17) is 15.2 Å². The van der Waals surface area contributed by atoms with E-state index in [1.54, 1.807) is 0 Å². The van der Waals surface area contributed by atoms with E-state index in [-0.39, 0.29) is 18.7 Å². The molecule has 1 aliphatic rings. The summed E-state index contributed by atoms with van der Waals surface area (Å²) in [7, 11) is 0. The predicted octanol–water partition coefficient (Wildman–Crippen LogP) is 1.72. The van der Waals surface area contributed by atoms with Gasteiger partial charge in [0.1, 0.15) is 0 Å². The Bertz CT molecular complexity index is 480. The summed E-state index contributed by atoms with van der Waals surface area (Å²) in [5.74, 6) is 1.40. The van der Waals surface area contributed by atoms with Crippen molar-refractivity contribution in [1.82, 2.24) is 5.32 Å². The minimum atomic E-state index is -0.501. The zero-order valence-electron chi connectivity index (χ0n) is 11.5. The van der Waals surface area contributed by atoms with E-state index in [2.05, 4.69) is 5.32 Å². The number of hydrogen-bond donors (Lipinski definition) is 2. The Morgan fingerprint density at radius 3 is 2.79 bits per heavy atom. The van der Waals surface area contributed by atoms with Gasteiger partial charge in [-0.05, 0) is 38.5 Å². The normalized spacial score (nSPS) is 15.2. The second-order valence-electron chi connectivity index (χ2n) is 5.57. The van der Waals surface area contributed by atoms with Gasteiger partial charge in [0.2, 0.25) is 12.7 Å². The van der Waals surface area contributed by atoms with E-state index in [9.17, 15) is 4.79 Å². The van der Waals surface area contributed by atoms with E-state index in [1.807, 2.05) is 39.0 Å². The number of carbonyl (C=O) groups is 1. The molecule has 1 aliphatic heterocycles. The molecule has 0 spiro atoms. The van der Waals surface area contributed by atoms with Gasteiger partial charge in [0.05, 0.1) is 6.04 Å². The molecule has 0 saturated carbocycles. The third-order valence-electron chi connectivity index (χ3n) is 2.89. The first kappa shape index (κ1) is 13.7. The van der Waals surface area contributed by atoms with Crippen LogP contribution in [0.4, 0.5) is 0 Å². The Labute approximate surface area is 113 Å². The SMILES string of the molecule is CC(NC(=O)CC(C)(C)N)c1ccc2c(c1)OCO2. The summed E-state index contributed by atoms with van der Waals surface area (Å²) in [6.45, 7) is 5.84. The number of rotatable bonds is 4. The van der Waals surface area contributed by atoms with Gasteiger partial charge < -0.3 is 20.5 Å². The van der Waals surface area contributed by atoms with Gasteiger partial charge in [0, 0.05) is 12.0 Å². The average molecular weight is 264 g/mol. The van der Waals surface area contributed by atoms with Crippen molar-refractivity contribution >= 4 is 5.91 Å². The van der Waals surface area contributed by atoms with Gasteiger partial charge in [0.25, 0.3) is 0 Å². The Hall–Kier alpha value is -1.75. The number of nitrogens with two attached hydrogens (primary N) is 1. The molecule has 1 unspecified atom stereocenters. The van der Waals surface area contributed by atoms with Crippen LogP contribution < -0.4 is 20.5 Å². The van der Waals surface area contributed by atoms with Crippen LogP contribution >= 0.6 is 0 Å². The molecule has 0 fully saturated rings. The highest BCUT2D eigenvalue weighted by Crippen LogP contribution is 2.34. The number of benzene rings is 1. The van der Waals surface area contributed by atoms with Crippen molar-refractivity contribution in [3.63, 3.8) is 0 Å². The Balaban J connectivity index is 2.00. The first-order chi connectivity index (χ1) is 8.85. The van der Waals surface area contributed by atoms with Gasteiger partial charge in [0.15, 0.2) is 11.5 Å². The fraction of sp³-hybridized carbons (Fsp3) is 0.500. The van der Waals surface area contributed by atoms with E-state index >= 15 is 0 Å². The number of nitrogens with one attached hydrogen (secondary N) is 1. The van der Waals surface area contributed by atoms with Gasteiger partial charge >= 0.3 is 0 Å². The molecule has 0 aromatic heterocycles. The fourth-order valence-electron chi connectivity index (χ4n) is 1.97. The highest BCUT2D eigenvalue weighted by Gasteiger charge is 2.20. The molecule has 0 radical (unpaired) electrons. The third-order valence-corrected chi connectivity index (χ3v) is 2.89. The van der Waals surface area contributed by atoms with Gasteiger partial charge in [-0.25, -0.2) is 0 Å². The van der Waals surface area contributed by atoms with Crippen LogP contribution in [0, 0.1) is 0 Å². The van der Waals surface area contributed by atoms with Crippen LogP contribution in [-0.4, -0.2) is 18.2 Å². The quantitative estimate of drug-likeness (QED) is 0.868. The second kappa shape index (κ2) is 5.09. The summed E-state index contributed by atoms with van der Waals surface area (Å²) in [5.41, 5.74) is 6.30. The van der Waals surface area contributed by atoms with E-state index in [0.29, 0.717) is 6.42 Å². The molecule has 0 aliphatic carbocycles. The molecule has 2 rings (SSSR count). The Kier molecular flexibility index (Phi) is 3.66. The summed E-state index contributed by atoms with van der Waals surface area (Å²) in [6, 6.07) is 5.57. The van der Waals surface area contributed by atoms with Crippen LogP contribution in [0.1, 0.15) is 38.8 Å². The highest BCUT2D eigenvalue weighted by atomic mass is 16.7. The van der Waals surface area contributed by atoms with Crippen LogP contribution in [0.5, 0.6) is 11.5 Å². The first-order valence-corrected chi connectivity index (χ1v) is 6.33. The maximum atomic E-state index is 11.8. The lowest BCUT2D eigenvalue weighted by atomic mass is 10.0. The lowest BCUT2D eigenvalue weighted by Crippen LogP contribution is -2.39. The number of carbonyl (C=O) groups excluding carboxylic acids is 1. The number of hydrogen-bond acceptors (Lipinski definition) is 4. The third kappa shape index (κ3) is 3.61. The van der Waals surface area contributed by atoms with Crippen LogP contribution in [0.25, 0.3) is 0 Å². The molecule has 19 heavy (non-hydrogen) atoms. The molecule has 1 heterocycles. The highest BCUT2D eigenvalue weighted by molar-refractivity contribution is 5.77. The number of fused-ring (bicyclic) bond motifs is 1. The summed E-state index contributed by atoms with van der Waals surface area (Å²) >= 11 is 0. The predicted molar refractivity (Wildman–Crippen MR) is 72.0 cm³/mol. The molecule has 5 heteroatoms. The molecule has 1 aromatic rings. The van der Waals surface area contributed by atoms with Crippen LogP contribution in [0.3, 0.4) is 0 Å². The van der Waals surface area contributed by atoms with Gasteiger partial charge in [-0.1, -0.05) is 6.07 Å². The topological polar surface area (TPSA) is 73.6 Å². The molecule has 1 atom stereocenters. The molecule has 1 amide bonds. The fourth-order valence-corrected chi connectivity index (χ4v) is 1.97. The zero-order chi connectivity index (χ0) is 14.0. The van der Waals surface area contributed by atoms with Crippen molar-refractivity contribution < 1.29 is 14.3 Å². The summed E-state index contributed by atoms with van der Waals surface area (Å²) in [6.07, 6.45) is 0.294. The second-order valence-corrected chi connectivity index (χ2v) is 5.57. The molecule has 5 nitrogen and oxygen atoms in total. The number of amides is 1. The minimum Gasteiger partial charge on any atom is -0.454 e. The van der Waals surface area contributed by atoms with E-state index in [1.165, 1.54) is 0 Å². The Morgan fingerprint density at radius 2 is 2.11 bits per heavy atom. The van der Waals surface area contributed by atoms with Crippen molar-refractivity contribution in [2.75, 3.05) is 6.79 Å². The lowest BCUT2D eigenvalue weighted by Gasteiger charge is -2.20. The van der Waals surface area contributed by atoms with Gasteiger partial charge in [-0.15, -0.1) is 0 Å². The minimum absolute atomic E-state index is 0.0577. The van der Waals surface area contributed by atoms with E-state index < -0.39 is 5.54 Å². The monoisotopic (exact) mass is 264 g/mol. The molecule has 3 N–H and O–H groups in total. The van der Waals surface area contributed by atoms with Crippen molar-refractivity contribution in [3.8, 4) is 11.5 Å². The van der Waals surface area contributed by atoms with Crippen LogP contribution in [0.2, 0.25) is 0 Å². The summed E-state index contributed by atoms with van der Waals surface area (Å²) in [4.78, 5) is 11.8. The maximum absolute atomic E-state index is 11.8. The smallest absolute Gasteiger partial charge is 0.231 e. The molecule has 0 saturated heterocycles. The molecule has 104 valence electrons. The molecular formula is C14H20N2O3. The largest absolute Gasteiger partial charge is 0.454 e. The van der Waals surface area contributed by atoms with Gasteiger partial charge in [-0.2, -0.15) is 0 Å². The summed E-state index contributed by atoms with van der Waals surface area (Å²) < 4.78 is 10.6. The van der Waals surface area contributed by atoms with Crippen molar-refractivity contribution in [1.29, 1.82) is 0 Å². The molecule has 1 aromatic carbocycles. The first-order valence-electron chi connectivity index (χ1n) is 6.33. The van der Waals surface area contributed by atoms with E-state index in [0.717, 1.165) is 17.1 Å². The maximum Gasteiger partial charge on any atom is 0.231 e. The average Bonchev–Trinajstić information content (AvgIpc) is 2.72. The zero-order valence-corrected chi connectivity index (χ0v) is 11.5. The molecule has 0 bridgehead atoms. The Morgan fingerprint density at radius 1 is 1.42 bits per heavy atom. The molecular weight excluding hydrogens is 244 g/mol. The van der Waals surface area contributed by atoms with Crippen molar-refractivity contribution in [2.45, 2.75) is 38.8 Å². The van der Waals surface area contributed by atoms with Crippen molar-refractivity contribution in [2.24, 2.45) is 5.73 Å². The summed E-state index contributed by atoms with van der Waals surface area (Å²) in [5, 5.41) is 2.93. The lowest BCUT2D eigenvalue weighted by molar-refractivity contribution is -0.122.